The molecule has 3 nitrogen and oxygen atoms in total. The highest BCUT2D eigenvalue weighted by Gasteiger charge is 2.32. The monoisotopic (exact) mass is 397 g/mol. The van der Waals surface area contributed by atoms with Crippen LogP contribution < -0.4 is 5.32 Å². The molecule has 3 atom stereocenters. The van der Waals surface area contributed by atoms with Crippen LogP contribution in [-0.4, -0.2) is 13.1 Å². The second-order valence-corrected chi connectivity index (χ2v) is 6.22. The molecular formula is C26H39NO2. The van der Waals surface area contributed by atoms with E-state index in [2.05, 4.69) is 85.1 Å². The summed E-state index contributed by atoms with van der Waals surface area (Å²) in [6, 6.07) is 20.0. The summed E-state index contributed by atoms with van der Waals surface area (Å²) in [6.45, 7) is 15.8. The predicted molar refractivity (Wildman–Crippen MR) is 126 cm³/mol. The highest BCUT2D eigenvalue weighted by Crippen LogP contribution is 2.45. The van der Waals surface area contributed by atoms with Gasteiger partial charge in [0, 0.05) is 11.8 Å². The summed E-state index contributed by atoms with van der Waals surface area (Å²) >= 11 is 0. The van der Waals surface area contributed by atoms with Crippen molar-refractivity contribution >= 4 is 11.7 Å². The standard InChI is InChI=1S/C18H21N.C4H6O2.2C2H6/c1-3-15-13(2)18(14-9-5-4-6-10-14)19-17-12-8-7-11-16(15)17;1-3-4(5)6-2;2*1-2/h4-13,15,18-19H,3H2,1-2H3;3H,1H2,2H3;2*1-2H3. The van der Waals surface area contributed by atoms with Gasteiger partial charge in [0.05, 0.1) is 13.2 Å². The molecule has 1 heterocycles. The lowest BCUT2D eigenvalue weighted by Crippen LogP contribution is -2.29. The molecule has 1 aliphatic rings. The van der Waals surface area contributed by atoms with Crippen molar-refractivity contribution in [2.75, 3.05) is 12.4 Å². The van der Waals surface area contributed by atoms with Gasteiger partial charge in [-0.1, -0.05) is 96.7 Å². The van der Waals surface area contributed by atoms with Gasteiger partial charge in [-0.05, 0) is 35.4 Å². The Morgan fingerprint density at radius 1 is 1.03 bits per heavy atom. The van der Waals surface area contributed by atoms with Gasteiger partial charge in [0.25, 0.3) is 0 Å². The van der Waals surface area contributed by atoms with Crippen LogP contribution in [0.1, 0.15) is 71.0 Å². The number of anilines is 1. The maximum atomic E-state index is 9.84. The molecule has 0 saturated heterocycles. The maximum Gasteiger partial charge on any atom is 0.329 e. The molecular weight excluding hydrogens is 358 g/mol. The topological polar surface area (TPSA) is 38.3 Å². The summed E-state index contributed by atoms with van der Waals surface area (Å²) < 4.78 is 4.14. The first-order chi connectivity index (χ1) is 14.1. The first-order valence-electron chi connectivity index (χ1n) is 10.7. The van der Waals surface area contributed by atoms with Crippen molar-refractivity contribution in [3.8, 4) is 0 Å². The van der Waals surface area contributed by atoms with E-state index in [4.69, 9.17) is 0 Å². The Morgan fingerprint density at radius 2 is 1.59 bits per heavy atom. The zero-order chi connectivity index (χ0) is 22.2. The quantitative estimate of drug-likeness (QED) is 0.434. The molecule has 3 rings (SSSR count). The summed E-state index contributed by atoms with van der Waals surface area (Å²) in [5, 5.41) is 3.73. The minimum atomic E-state index is -0.394. The molecule has 0 radical (unpaired) electrons. The van der Waals surface area contributed by atoms with Gasteiger partial charge in [-0.2, -0.15) is 0 Å². The van der Waals surface area contributed by atoms with Gasteiger partial charge in [-0.3, -0.25) is 0 Å². The van der Waals surface area contributed by atoms with Crippen LogP contribution in [0, 0.1) is 5.92 Å². The summed E-state index contributed by atoms with van der Waals surface area (Å²) in [5.74, 6) is 0.861. The summed E-state index contributed by atoms with van der Waals surface area (Å²) in [7, 11) is 1.31. The minimum Gasteiger partial charge on any atom is -0.466 e. The molecule has 1 N–H and O–H groups in total. The zero-order valence-electron chi connectivity index (χ0n) is 19.2. The van der Waals surface area contributed by atoms with Crippen LogP contribution in [0.5, 0.6) is 0 Å². The SMILES string of the molecule is C=CC(=O)OC.CC.CC.CCC1c2ccccc2NC(c2ccccc2)C1C. The van der Waals surface area contributed by atoms with Gasteiger partial charge in [0.15, 0.2) is 0 Å². The molecule has 3 unspecified atom stereocenters. The number of methoxy groups -OCH3 is 1. The van der Waals surface area contributed by atoms with Gasteiger partial charge < -0.3 is 10.1 Å². The van der Waals surface area contributed by atoms with E-state index in [9.17, 15) is 4.79 Å². The normalized spacial score (nSPS) is 18.5. The fourth-order valence-corrected chi connectivity index (χ4v) is 3.49. The van der Waals surface area contributed by atoms with Crippen molar-refractivity contribution in [1.29, 1.82) is 0 Å². The summed E-state index contributed by atoms with van der Waals surface area (Å²) in [5.41, 5.74) is 4.17. The predicted octanol–water partition coefficient (Wildman–Crippen LogP) is 7.38. The highest BCUT2D eigenvalue weighted by atomic mass is 16.5. The Labute approximate surface area is 178 Å². The van der Waals surface area contributed by atoms with E-state index in [0.29, 0.717) is 17.9 Å². The number of hydrogen-bond acceptors (Lipinski definition) is 3. The molecule has 2 aromatic rings. The van der Waals surface area contributed by atoms with Crippen molar-refractivity contribution in [3.05, 3.63) is 78.4 Å². The fraction of sp³-hybridized carbons (Fsp3) is 0.423. The third-order valence-corrected chi connectivity index (χ3v) is 4.80. The Kier molecular flexibility index (Phi) is 14.0. The zero-order valence-corrected chi connectivity index (χ0v) is 19.2. The minimum absolute atomic E-state index is 0.394. The van der Waals surface area contributed by atoms with Crippen LogP contribution in [0.25, 0.3) is 0 Å². The molecule has 2 aromatic carbocycles. The number of esters is 1. The van der Waals surface area contributed by atoms with Gasteiger partial charge in [-0.25, -0.2) is 4.79 Å². The number of rotatable bonds is 3. The lowest BCUT2D eigenvalue weighted by Gasteiger charge is -2.39. The molecule has 0 fully saturated rings. The first-order valence-corrected chi connectivity index (χ1v) is 10.7. The molecule has 0 saturated carbocycles. The maximum absolute atomic E-state index is 9.84. The van der Waals surface area contributed by atoms with Gasteiger partial charge in [0.1, 0.15) is 0 Å². The average molecular weight is 398 g/mol. The van der Waals surface area contributed by atoms with Gasteiger partial charge >= 0.3 is 5.97 Å². The number of ether oxygens (including phenoxy) is 1. The average Bonchev–Trinajstić information content (AvgIpc) is 2.81. The van der Waals surface area contributed by atoms with Crippen molar-refractivity contribution in [1.82, 2.24) is 0 Å². The van der Waals surface area contributed by atoms with E-state index in [1.54, 1.807) is 0 Å². The lowest BCUT2D eigenvalue weighted by molar-refractivity contribution is -0.134. The van der Waals surface area contributed by atoms with E-state index in [1.165, 1.54) is 30.3 Å². The van der Waals surface area contributed by atoms with E-state index in [1.807, 2.05) is 27.7 Å². The van der Waals surface area contributed by atoms with E-state index in [0.717, 1.165) is 6.08 Å². The number of benzene rings is 2. The van der Waals surface area contributed by atoms with Gasteiger partial charge in [-0.15, -0.1) is 0 Å². The molecule has 0 bridgehead atoms. The number of nitrogens with one attached hydrogen (secondary N) is 1. The molecule has 0 amide bonds. The highest BCUT2D eigenvalue weighted by molar-refractivity contribution is 5.80. The second-order valence-electron chi connectivity index (χ2n) is 6.22. The fourth-order valence-electron chi connectivity index (χ4n) is 3.49. The molecule has 3 heteroatoms. The molecule has 1 aliphatic heterocycles. The Morgan fingerprint density at radius 3 is 2.07 bits per heavy atom. The third kappa shape index (κ3) is 7.77. The van der Waals surface area contributed by atoms with Crippen molar-refractivity contribution in [3.63, 3.8) is 0 Å². The number of hydrogen-bond donors (Lipinski definition) is 1. The lowest BCUT2D eigenvalue weighted by atomic mass is 9.75. The third-order valence-electron chi connectivity index (χ3n) is 4.80. The van der Waals surface area contributed by atoms with Crippen LogP contribution in [0.3, 0.4) is 0 Å². The van der Waals surface area contributed by atoms with Crippen molar-refractivity contribution in [2.24, 2.45) is 5.92 Å². The molecule has 0 spiro atoms. The summed E-state index contributed by atoms with van der Waals surface area (Å²) in [4.78, 5) is 9.84. The molecule has 0 aromatic heterocycles. The molecule has 29 heavy (non-hydrogen) atoms. The van der Waals surface area contributed by atoms with Crippen molar-refractivity contribution in [2.45, 2.75) is 59.9 Å². The Bertz CT molecular complexity index is 697. The van der Waals surface area contributed by atoms with E-state index < -0.39 is 5.97 Å². The van der Waals surface area contributed by atoms with E-state index in [-0.39, 0.29) is 0 Å². The largest absolute Gasteiger partial charge is 0.466 e. The number of carbonyl (C=O) groups is 1. The first kappa shape index (κ1) is 26.4. The number of para-hydroxylation sites is 1. The van der Waals surface area contributed by atoms with Crippen LogP contribution in [0.2, 0.25) is 0 Å². The molecule has 0 aliphatic carbocycles. The van der Waals surface area contributed by atoms with Crippen LogP contribution in [0.15, 0.2) is 67.3 Å². The number of carbonyl (C=O) groups excluding carboxylic acids is 1. The molecule has 160 valence electrons. The second kappa shape index (κ2) is 15.4. The smallest absolute Gasteiger partial charge is 0.329 e. The van der Waals surface area contributed by atoms with E-state index >= 15 is 0 Å². The Balaban J connectivity index is 0.000000670. The van der Waals surface area contributed by atoms with Crippen LogP contribution in [-0.2, 0) is 9.53 Å². The van der Waals surface area contributed by atoms with Crippen molar-refractivity contribution < 1.29 is 9.53 Å². The van der Waals surface area contributed by atoms with Crippen LogP contribution in [0.4, 0.5) is 5.69 Å². The van der Waals surface area contributed by atoms with Crippen LogP contribution >= 0.6 is 0 Å². The number of fused-ring (bicyclic) bond motifs is 1. The Hall–Kier alpha value is -2.55. The summed E-state index contributed by atoms with van der Waals surface area (Å²) in [6.07, 6.45) is 2.31. The van der Waals surface area contributed by atoms with Gasteiger partial charge in [0.2, 0.25) is 0 Å².